The molecule has 1 aliphatic heterocycles. The SMILES string of the molecule is COCCNC(=O)N1c2ccccc2C[C@H]1C. The third-order valence-corrected chi connectivity index (χ3v) is 3.01. The van der Waals surface area contributed by atoms with Crippen molar-refractivity contribution in [3.8, 4) is 0 Å². The summed E-state index contributed by atoms with van der Waals surface area (Å²) in [5.74, 6) is 0. The molecule has 17 heavy (non-hydrogen) atoms. The Labute approximate surface area is 102 Å². The summed E-state index contributed by atoms with van der Waals surface area (Å²) in [5, 5.41) is 2.86. The number of nitrogens with one attached hydrogen (secondary N) is 1. The van der Waals surface area contributed by atoms with Crippen LogP contribution in [0.25, 0.3) is 0 Å². The van der Waals surface area contributed by atoms with Crippen LogP contribution in [0.3, 0.4) is 0 Å². The Morgan fingerprint density at radius 3 is 3.06 bits per heavy atom. The van der Waals surface area contributed by atoms with Crippen LogP contribution >= 0.6 is 0 Å². The number of ether oxygens (including phenoxy) is 1. The van der Waals surface area contributed by atoms with E-state index in [-0.39, 0.29) is 12.1 Å². The molecular weight excluding hydrogens is 216 g/mol. The number of amides is 2. The van der Waals surface area contributed by atoms with Crippen LogP contribution in [0.1, 0.15) is 12.5 Å². The van der Waals surface area contributed by atoms with E-state index < -0.39 is 0 Å². The highest BCUT2D eigenvalue weighted by molar-refractivity contribution is 5.94. The first-order valence-electron chi connectivity index (χ1n) is 5.88. The molecule has 92 valence electrons. The molecule has 1 aromatic rings. The van der Waals surface area contributed by atoms with Gasteiger partial charge in [-0.3, -0.25) is 4.90 Å². The Morgan fingerprint density at radius 2 is 2.29 bits per heavy atom. The molecular formula is C13H18N2O2. The van der Waals surface area contributed by atoms with E-state index >= 15 is 0 Å². The van der Waals surface area contributed by atoms with Crippen molar-refractivity contribution in [2.45, 2.75) is 19.4 Å². The highest BCUT2D eigenvalue weighted by Crippen LogP contribution is 2.31. The van der Waals surface area contributed by atoms with Crippen molar-refractivity contribution in [1.29, 1.82) is 0 Å². The summed E-state index contributed by atoms with van der Waals surface area (Å²) >= 11 is 0. The average molecular weight is 234 g/mol. The molecule has 4 nitrogen and oxygen atoms in total. The number of hydrogen-bond acceptors (Lipinski definition) is 2. The first-order chi connectivity index (χ1) is 8.24. The van der Waals surface area contributed by atoms with Gasteiger partial charge >= 0.3 is 6.03 Å². The molecule has 0 aliphatic carbocycles. The number of fused-ring (bicyclic) bond motifs is 1. The third-order valence-electron chi connectivity index (χ3n) is 3.01. The van der Waals surface area contributed by atoms with Crippen LogP contribution in [0.2, 0.25) is 0 Å². The molecule has 1 aromatic carbocycles. The fraction of sp³-hybridized carbons (Fsp3) is 0.462. The second-order valence-electron chi connectivity index (χ2n) is 4.28. The van der Waals surface area contributed by atoms with Gasteiger partial charge in [-0.25, -0.2) is 4.79 Å². The smallest absolute Gasteiger partial charge is 0.322 e. The van der Waals surface area contributed by atoms with E-state index in [1.165, 1.54) is 5.56 Å². The van der Waals surface area contributed by atoms with Gasteiger partial charge in [0, 0.05) is 25.4 Å². The van der Waals surface area contributed by atoms with E-state index in [9.17, 15) is 4.79 Å². The summed E-state index contributed by atoms with van der Waals surface area (Å²) in [5.41, 5.74) is 2.26. The van der Waals surface area contributed by atoms with Gasteiger partial charge in [-0.15, -0.1) is 0 Å². The Balaban J connectivity index is 2.08. The number of carbonyl (C=O) groups is 1. The maximum atomic E-state index is 12.1. The number of urea groups is 1. The van der Waals surface area contributed by atoms with Crippen molar-refractivity contribution in [3.63, 3.8) is 0 Å². The largest absolute Gasteiger partial charge is 0.383 e. The van der Waals surface area contributed by atoms with E-state index in [2.05, 4.69) is 18.3 Å². The van der Waals surface area contributed by atoms with E-state index in [4.69, 9.17) is 4.74 Å². The Hall–Kier alpha value is -1.55. The standard InChI is InChI=1S/C13H18N2O2/c1-10-9-11-5-3-4-6-12(11)15(10)13(16)14-7-8-17-2/h3-6,10H,7-9H2,1-2H3,(H,14,16)/t10-/m1/s1. The monoisotopic (exact) mass is 234 g/mol. The van der Waals surface area contributed by atoms with Crippen molar-refractivity contribution in [3.05, 3.63) is 29.8 Å². The van der Waals surface area contributed by atoms with Crippen molar-refractivity contribution in [2.75, 3.05) is 25.2 Å². The number of hydrogen-bond donors (Lipinski definition) is 1. The number of methoxy groups -OCH3 is 1. The van der Waals surface area contributed by atoms with Gasteiger partial charge in [-0.1, -0.05) is 18.2 Å². The van der Waals surface area contributed by atoms with Crippen molar-refractivity contribution < 1.29 is 9.53 Å². The predicted molar refractivity (Wildman–Crippen MR) is 67.4 cm³/mol. The van der Waals surface area contributed by atoms with Gasteiger partial charge in [0.15, 0.2) is 0 Å². The zero-order valence-corrected chi connectivity index (χ0v) is 10.3. The van der Waals surface area contributed by atoms with E-state index in [1.807, 2.05) is 23.1 Å². The van der Waals surface area contributed by atoms with Crippen LogP contribution in [0.4, 0.5) is 10.5 Å². The molecule has 1 N–H and O–H groups in total. The van der Waals surface area contributed by atoms with E-state index in [1.54, 1.807) is 7.11 Å². The van der Waals surface area contributed by atoms with Crippen LogP contribution in [-0.2, 0) is 11.2 Å². The normalized spacial score (nSPS) is 18.0. The first kappa shape index (κ1) is 11.9. The summed E-state index contributed by atoms with van der Waals surface area (Å²) < 4.78 is 4.92. The number of nitrogens with zero attached hydrogens (tertiary/aromatic N) is 1. The second-order valence-corrected chi connectivity index (χ2v) is 4.28. The number of anilines is 1. The predicted octanol–water partition coefficient (Wildman–Crippen LogP) is 1.79. The molecule has 0 aromatic heterocycles. The molecule has 1 aliphatic rings. The van der Waals surface area contributed by atoms with Crippen molar-refractivity contribution in [1.82, 2.24) is 5.32 Å². The topological polar surface area (TPSA) is 41.6 Å². The average Bonchev–Trinajstić information content (AvgIpc) is 2.65. The number of rotatable bonds is 3. The van der Waals surface area contributed by atoms with Crippen LogP contribution in [0, 0.1) is 0 Å². The van der Waals surface area contributed by atoms with Crippen LogP contribution < -0.4 is 10.2 Å². The molecule has 1 heterocycles. The number of benzene rings is 1. The van der Waals surface area contributed by atoms with Crippen LogP contribution in [0.5, 0.6) is 0 Å². The number of carbonyl (C=O) groups excluding carboxylic acids is 1. The lowest BCUT2D eigenvalue weighted by atomic mass is 10.1. The summed E-state index contributed by atoms with van der Waals surface area (Å²) in [6, 6.07) is 8.22. The van der Waals surface area contributed by atoms with Gasteiger partial charge in [0.1, 0.15) is 0 Å². The molecule has 0 radical (unpaired) electrons. The minimum Gasteiger partial charge on any atom is -0.383 e. The van der Waals surface area contributed by atoms with Gasteiger partial charge in [-0.2, -0.15) is 0 Å². The van der Waals surface area contributed by atoms with E-state index in [0.717, 1.165) is 12.1 Å². The quantitative estimate of drug-likeness (QED) is 0.810. The van der Waals surface area contributed by atoms with Gasteiger partial charge in [0.2, 0.25) is 0 Å². The summed E-state index contributed by atoms with van der Waals surface area (Å²) in [6.07, 6.45) is 0.924. The van der Waals surface area contributed by atoms with Crippen molar-refractivity contribution >= 4 is 11.7 Å². The Bertz CT molecular complexity index is 406. The fourth-order valence-electron chi connectivity index (χ4n) is 2.22. The molecule has 4 heteroatoms. The maximum Gasteiger partial charge on any atom is 0.322 e. The minimum atomic E-state index is -0.0421. The highest BCUT2D eigenvalue weighted by Gasteiger charge is 2.30. The summed E-state index contributed by atoms with van der Waals surface area (Å²) in [6.45, 7) is 3.15. The van der Waals surface area contributed by atoms with E-state index in [0.29, 0.717) is 13.2 Å². The summed E-state index contributed by atoms with van der Waals surface area (Å²) in [7, 11) is 1.62. The fourth-order valence-corrected chi connectivity index (χ4v) is 2.22. The minimum absolute atomic E-state index is 0.0421. The number of para-hydroxylation sites is 1. The van der Waals surface area contributed by atoms with Crippen LogP contribution in [0.15, 0.2) is 24.3 Å². The van der Waals surface area contributed by atoms with Gasteiger partial charge < -0.3 is 10.1 Å². The zero-order valence-electron chi connectivity index (χ0n) is 10.3. The molecule has 0 fully saturated rings. The lowest BCUT2D eigenvalue weighted by molar-refractivity contribution is 0.197. The molecule has 2 rings (SSSR count). The van der Waals surface area contributed by atoms with Gasteiger partial charge in [0.25, 0.3) is 0 Å². The van der Waals surface area contributed by atoms with Crippen LogP contribution in [-0.4, -0.2) is 32.3 Å². The molecule has 0 saturated carbocycles. The molecule has 1 atom stereocenters. The maximum absolute atomic E-state index is 12.1. The molecule has 0 bridgehead atoms. The molecule has 0 unspecified atom stereocenters. The van der Waals surface area contributed by atoms with Crippen molar-refractivity contribution in [2.24, 2.45) is 0 Å². The second kappa shape index (κ2) is 5.19. The Kier molecular flexibility index (Phi) is 3.64. The molecule has 2 amide bonds. The summed E-state index contributed by atoms with van der Waals surface area (Å²) in [4.78, 5) is 13.9. The Morgan fingerprint density at radius 1 is 1.53 bits per heavy atom. The lowest BCUT2D eigenvalue weighted by Gasteiger charge is -2.23. The highest BCUT2D eigenvalue weighted by atomic mass is 16.5. The molecule has 0 spiro atoms. The third kappa shape index (κ3) is 2.42. The lowest BCUT2D eigenvalue weighted by Crippen LogP contribution is -2.44. The van der Waals surface area contributed by atoms with Gasteiger partial charge in [-0.05, 0) is 25.0 Å². The van der Waals surface area contributed by atoms with Gasteiger partial charge in [0.05, 0.1) is 6.61 Å². The first-order valence-corrected chi connectivity index (χ1v) is 5.88. The zero-order chi connectivity index (χ0) is 12.3. The molecule has 0 saturated heterocycles.